The van der Waals surface area contributed by atoms with Gasteiger partial charge in [-0.3, -0.25) is 4.79 Å². The summed E-state index contributed by atoms with van der Waals surface area (Å²) in [4.78, 5) is 23.3. The molecule has 1 aliphatic rings. The van der Waals surface area contributed by atoms with Gasteiger partial charge in [0.1, 0.15) is 0 Å². The summed E-state index contributed by atoms with van der Waals surface area (Å²) in [6.07, 6.45) is 5.84. The highest BCUT2D eigenvalue weighted by Gasteiger charge is 2.13. The van der Waals surface area contributed by atoms with Gasteiger partial charge in [0.05, 0.1) is 18.7 Å². The molecule has 0 unspecified atom stereocenters. The van der Waals surface area contributed by atoms with Gasteiger partial charge < -0.3 is 10.2 Å². The van der Waals surface area contributed by atoms with Gasteiger partial charge in [-0.05, 0) is 37.8 Å². The third-order valence-corrected chi connectivity index (χ3v) is 4.25. The van der Waals surface area contributed by atoms with Crippen molar-refractivity contribution >= 4 is 11.9 Å². The molecule has 0 spiro atoms. The van der Waals surface area contributed by atoms with Crippen molar-refractivity contribution in [3.05, 3.63) is 53.3 Å². The summed E-state index contributed by atoms with van der Waals surface area (Å²) >= 11 is 0. The standard InChI is InChI=1S/C19H24N4O/c1-15-6-5-7-16(12-15)13-18(24)21-14-17-8-9-20-19(22-17)23-10-3-2-4-11-23/h5-9,12H,2-4,10-11,13-14H2,1H3,(H,21,24). The quantitative estimate of drug-likeness (QED) is 0.918. The van der Waals surface area contributed by atoms with E-state index in [1.807, 2.05) is 37.3 Å². The second-order valence-corrected chi connectivity index (χ2v) is 6.34. The number of nitrogens with one attached hydrogen (secondary N) is 1. The molecule has 2 aromatic rings. The van der Waals surface area contributed by atoms with Gasteiger partial charge in [-0.2, -0.15) is 0 Å². The summed E-state index contributed by atoms with van der Waals surface area (Å²) in [6, 6.07) is 9.89. The second-order valence-electron chi connectivity index (χ2n) is 6.34. The van der Waals surface area contributed by atoms with Crippen LogP contribution in [0.1, 0.15) is 36.1 Å². The molecule has 5 heteroatoms. The summed E-state index contributed by atoms with van der Waals surface area (Å²) in [7, 11) is 0. The van der Waals surface area contributed by atoms with Crippen molar-refractivity contribution in [3.63, 3.8) is 0 Å². The van der Waals surface area contributed by atoms with Gasteiger partial charge in [0, 0.05) is 19.3 Å². The summed E-state index contributed by atoms with van der Waals surface area (Å²) in [5, 5.41) is 2.95. The van der Waals surface area contributed by atoms with E-state index in [9.17, 15) is 4.79 Å². The molecular weight excluding hydrogens is 300 g/mol. The van der Waals surface area contributed by atoms with Gasteiger partial charge in [0.15, 0.2) is 0 Å². The minimum absolute atomic E-state index is 0.0127. The van der Waals surface area contributed by atoms with Crippen LogP contribution in [0.25, 0.3) is 0 Å². The Kier molecular flexibility index (Phi) is 5.41. The van der Waals surface area contributed by atoms with Crippen molar-refractivity contribution in [2.45, 2.75) is 39.2 Å². The van der Waals surface area contributed by atoms with Crippen molar-refractivity contribution in [1.29, 1.82) is 0 Å². The van der Waals surface area contributed by atoms with Crippen LogP contribution in [0.4, 0.5) is 5.95 Å². The smallest absolute Gasteiger partial charge is 0.225 e. The zero-order valence-corrected chi connectivity index (χ0v) is 14.2. The first-order valence-electron chi connectivity index (χ1n) is 8.60. The number of rotatable bonds is 5. The zero-order chi connectivity index (χ0) is 16.8. The van der Waals surface area contributed by atoms with E-state index < -0.39 is 0 Å². The minimum Gasteiger partial charge on any atom is -0.350 e. The van der Waals surface area contributed by atoms with E-state index in [0.29, 0.717) is 13.0 Å². The number of carbonyl (C=O) groups excluding carboxylic acids is 1. The van der Waals surface area contributed by atoms with Crippen molar-refractivity contribution in [3.8, 4) is 0 Å². The number of anilines is 1. The summed E-state index contributed by atoms with van der Waals surface area (Å²) < 4.78 is 0. The normalized spacial score (nSPS) is 14.5. The Balaban J connectivity index is 1.55. The summed E-state index contributed by atoms with van der Waals surface area (Å²) in [5.74, 6) is 0.791. The van der Waals surface area contributed by atoms with Gasteiger partial charge in [0.25, 0.3) is 0 Å². The number of aryl methyl sites for hydroxylation is 1. The highest BCUT2D eigenvalue weighted by Crippen LogP contribution is 2.15. The number of amides is 1. The topological polar surface area (TPSA) is 58.1 Å². The lowest BCUT2D eigenvalue weighted by Gasteiger charge is -2.26. The molecule has 0 radical (unpaired) electrons. The van der Waals surface area contributed by atoms with Crippen LogP contribution in [0.15, 0.2) is 36.5 Å². The number of piperidine rings is 1. The fraction of sp³-hybridized carbons (Fsp3) is 0.421. The Bertz CT molecular complexity index is 695. The minimum atomic E-state index is 0.0127. The first-order valence-corrected chi connectivity index (χ1v) is 8.60. The van der Waals surface area contributed by atoms with Crippen LogP contribution < -0.4 is 10.2 Å². The maximum atomic E-state index is 12.1. The molecule has 0 bridgehead atoms. The molecule has 1 fully saturated rings. The van der Waals surface area contributed by atoms with E-state index >= 15 is 0 Å². The molecule has 126 valence electrons. The average molecular weight is 324 g/mol. The van der Waals surface area contributed by atoms with Crippen molar-refractivity contribution in [1.82, 2.24) is 15.3 Å². The molecule has 1 N–H and O–H groups in total. The fourth-order valence-electron chi connectivity index (χ4n) is 2.99. The molecule has 5 nitrogen and oxygen atoms in total. The lowest BCUT2D eigenvalue weighted by Crippen LogP contribution is -2.31. The largest absolute Gasteiger partial charge is 0.350 e. The van der Waals surface area contributed by atoms with Crippen molar-refractivity contribution in [2.24, 2.45) is 0 Å². The number of hydrogen-bond donors (Lipinski definition) is 1. The first kappa shape index (κ1) is 16.4. The zero-order valence-electron chi connectivity index (χ0n) is 14.2. The Morgan fingerprint density at radius 2 is 2.04 bits per heavy atom. The number of hydrogen-bond acceptors (Lipinski definition) is 4. The summed E-state index contributed by atoms with van der Waals surface area (Å²) in [5.41, 5.74) is 3.05. The van der Waals surface area contributed by atoms with E-state index in [1.54, 1.807) is 6.20 Å². The van der Waals surface area contributed by atoms with Crippen molar-refractivity contribution in [2.75, 3.05) is 18.0 Å². The predicted molar refractivity (Wildman–Crippen MR) is 94.8 cm³/mol. The van der Waals surface area contributed by atoms with E-state index in [0.717, 1.165) is 30.3 Å². The highest BCUT2D eigenvalue weighted by molar-refractivity contribution is 5.78. The maximum Gasteiger partial charge on any atom is 0.225 e. The molecule has 1 saturated heterocycles. The number of carbonyl (C=O) groups is 1. The fourth-order valence-corrected chi connectivity index (χ4v) is 2.99. The maximum absolute atomic E-state index is 12.1. The SMILES string of the molecule is Cc1cccc(CC(=O)NCc2ccnc(N3CCCCC3)n2)c1. The second kappa shape index (κ2) is 7.90. The highest BCUT2D eigenvalue weighted by atomic mass is 16.1. The van der Waals surface area contributed by atoms with Gasteiger partial charge >= 0.3 is 0 Å². The molecule has 0 atom stereocenters. The Labute approximate surface area is 143 Å². The van der Waals surface area contributed by atoms with E-state index in [4.69, 9.17) is 0 Å². The predicted octanol–water partition coefficient (Wildman–Crippen LogP) is 2.63. The van der Waals surface area contributed by atoms with Gasteiger partial charge in [-0.25, -0.2) is 9.97 Å². The van der Waals surface area contributed by atoms with Gasteiger partial charge in [0.2, 0.25) is 11.9 Å². The van der Waals surface area contributed by atoms with E-state index in [-0.39, 0.29) is 5.91 Å². The molecule has 3 rings (SSSR count). The molecule has 1 aromatic carbocycles. The van der Waals surface area contributed by atoms with Crippen LogP contribution in [-0.2, 0) is 17.8 Å². The summed E-state index contributed by atoms with van der Waals surface area (Å²) in [6.45, 7) is 4.50. The Morgan fingerprint density at radius 1 is 1.21 bits per heavy atom. The van der Waals surface area contributed by atoms with Crippen LogP contribution in [0.2, 0.25) is 0 Å². The van der Waals surface area contributed by atoms with Crippen LogP contribution in [0.3, 0.4) is 0 Å². The molecule has 1 amide bonds. The number of nitrogens with zero attached hydrogens (tertiary/aromatic N) is 3. The van der Waals surface area contributed by atoms with Crippen molar-refractivity contribution < 1.29 is 4.79 Å². The number of benzene rings is 1. The molecular formula is C19H24N4O. The third-order valence-electron chi connectivity index (χ3n) is 4.25. The van der Waals surface area contributed by atoms with E-state index in [1.165, 1.54) is 24.8 Å². The molecule has 1 aromatic heterocycles. The van der Waals surface area contributed by atoms with Crippen LogP contribution in [0.5, 0.6) is 0 Å². The van der Waals surface area contributed by atoms with Crippen LogP contribution in [0, 0.1) is 6.92 Å². The van der Waals surface area contributed by atoms with Gasteiger partial charge in [-0.15, -0.1) is 0 Å². The Morgan fingerprint density at radius 3 is 2.83 bits per heavy atom. The molecule has 0 aliphatic carbocycles. The average Bonchev–Trinajstić information content (AvgIpc) is 2.61. The molecule has 24 heavy (non-hydrogen) atoms. The van der Waals surface area contributed by atoms with Crippen LogP contribution in [-0.4, -0.2) is 29.0 Å². The third kappa shape index (κ3) is 4.54. The first-order chi connectivity index (χ1) is 11.7. The van der Waals surface area contributed by atoms with Crippen LogP contribution >= 0.6 is 0 Å². The molecule has 2 heterocycles. The number of aromatic nitrogens is 2. The lowest BCUT2D eigenvalue weighted by atomic mass is 10.1. The van der Waals surface area contributed by atoms with E-state index in [2.05, 4.69) is 20.2 Å². The molecule has 0 saturated carbocycles. The Hall–Kier alpha value is -2.43. The molecule has 1 aliphatic heterocycles. The monoisotopic (exact) mass is 324 g/mol. The van der Waals surface area contributed by atoms with Gasteiger partial charge in [-0.1, -0.05) is 29.8 Å². The lowest BCUT2D eigenvalue weighted by molar-refractivity contribution is -0.120.